The molecule has 1 saturated carbocycles. The largest absolute Gasteiger partial charge is 0.496 e. The van der Waals surface area contributed by atoms with Crippen molar-refractivity contribution < 1.29 is 34.0 Å². The second kappa shape index (κ2) is 10.5. The first-order valence-corrected chi connectivity index (χ1v) is 11.7. The monoisotopic (exact) mass is 484 g/mol. The van der Waals surface area contributed by atoms with Crippen LogP contribution in [0.4, 0.5) is 0 Å². The number of aromatic nitrogens is 2. The third kappa shape index (κ3) is 5.06. The summed E-state index contributed by atoms with van der Waals surface area (Å²) in [5, 5.41) is 26.2. The van der Waals surface area contributed by atoms with Gasteiger partial charge in [0.25, 0.3) is 0 Å². The van der Waals surface area contributed by atoms with Crippen molar-refractivity contribution >= 4 is 16.9 Å². The van der Waals surface area contributed by atoms with E-state index in [9.17, 15) is 15.0 Å². The summed E-state index contributed by atoms with van der Waals surface area (Å²) in [5.74, 6) is 0.677. The molecule has 1 aliphatic carbocycles. The highest BCUT2D eigenvalue weighted by Crippen LogP contribution is 2.35. The van der Waals surface area contributed by atoms with Crippen molar-refractivity contribution in [2.75, 3.05) is 21.3 Å². The zero-order valence-corrected chi connectivity index (χ0v) is 20.5. The van der Waals surface area contributed by atoms with Crippen molar-refractivity contribution in [3.63, 3.8) is 0 Å². The van der Waals surface area contributed by atoms with Gasteiger partial charge in [-0.15, -0.1) is 0 Å². The highest BCUT2D eigenvalue weighted by Gasteiger charge is 2.29. The summed E-state index contributed by atoms with van der Waals surface area (Å²) in [5.41, 5.74) is 1.85. The summed E-state index contributed by atoms with van der Waals surface area (Å²) in [7, 11) is 4.68. The third-order valence-electron chi connectivity index (χ3n) is 6.64. The Morgan fingerprint density at radius 1 is 1.09 bits per heavy atom. The van der Waals surface area contributed by atoms with Gasteiger partial charge in [0, 0.05) is 11.8 Å². The van der Waals surface area contributed by atoms with E-state index in [4.69, 9.17) is 18.9 Å². The number of benzene rings is 2. The second-order valence-electron chi connectivity index (χ2n) is 8.81. The van der Waals surface area contributed by atoms with Crippen LogP contribution in [0.25, 0.3) is 10.9 Å². The molecule has 3 aromatic rings. The van der Waals surface area contributed by atoms with Crippen LogP contribution in [0, 0.1) is 6.92 Å². The van der Waals surface area contributed by atoms with E-state index in [0.29, 0.717) is 33.7 Å². The van der Waals surface area contributed by atoms with Crippen molar-refractivity contribution in [2.45, 2.75) is 57.5 Å². The maximum Gasteiger partial charge on any atom is 0.337 e. The predicted octanol–water partition coefficient (Wildman–Crippen LogP) is 4.13. The van der Waals surface area contributed by atoms with Crippen molar-refractivity contribution in [2.24, 2.45) is 0 Å². The molecule has 1 aliphatic rings. The molecule has 2 atom stereocenters. The van der Waals surface area contributed by atoms with E-state index in [0.717, 1.165) is 31.2 Å². The van der Waals surface area contributed by atoms with Crippen LogP contribution in [0.3, 0.4) is 0 Å². The molecule has 0 bridgehead atoms. The van der Waals surface area contributed by atoms with E-state index in [1.807, 2.05) is 6.92 Å². The molecule has 0 amide bonds. The van der Waals surface area contributed by atoms with Crippen LogP contribution in [-0.4, -0.2) is 59.5 Å². The molecule has 0 unspecified atom stereocenters. The molecule has 188 valence electrons. The standard InChI is InChI=1S/C26H32N2O7/c1-15-21(33-3)11-16(12-22(15)34-4)25(29)23(35-17-7-5-6-8-17)14-28-13-19-20(32-2)10-9-18(26(30)31)24(19)27-28/h9-13,17,23,25,29H,5-8,14H2,1-4H3,(H,30,31)/t23-,25+/m0/s1. The van der Waals surface area contributed by atoms with Gasteiger partial charge in [0.15, 0.2) is 0 Å². The Kier molecular flexibility index (Phi) is 7.47. The average Bonchev–Trinajstić information content (AvgIpc) is 3.52. The summed E-state index contributed by atoms with van der Waals surface area (Å²) in [6, 6.07) is 6.68. The number of carboxylic acid groups (broad SMARTS) is 1. The molecule has 0 spiro atoms. The molecule has 35 heavy (non-hydrogen) atoms. The van der Waals surface area contributed by atoms with Crippen LogP contribution in [-0.2, 0) is 11.3 Å². The number of carboxylic acids is 1. The van der Waals surface area contributed by atoms with Gasteiger partial charge in [-0.05, 0) is 49.6 Å². The summed E-state index contributed by atoms with van der Waals surface area (Å²) in [6.07, 6.45) is 4.18. The van der Waals surface area contributed by atoms with E-state index in [1.54, 1.807) is 43.3 Å². The van der Waals surface area contributed by atoms with E-state index in [-0.39, 0.29) is 18.2 Å². The smallest absolute Gasteiger partial charge is 0.337 e. The van der Waals surface area contributed by atoms with Crippen molar-refractivity contribution in [3.05, 3.63) is 47.2 Å². The molecular weight excluding hydrogens is 452 g/mol. The van der Waals surface area contributed by atoms with Gasteiger partial charge in [0.1, 0.15) is 35.0 Å². The minimum absolute atomic E-state index is 0.0398. The zero-order valence-electron chi connectivity index (χ0n) is 20.5. The third-order valence-corrected chi connectivity index (χ3v) is 6.64. The number of methoxy groups -OCH3 is 3. The van der Waals surface area contributed by atoms with Gasteiger partial charge < -0.3 is 29.2 Å². The molecule has 2 N–H and O–H groups in total. The highest BCUT2D eigenvalue weighted by atomic mass is 16.5. The Bertz CT molecular complexity index is 1170. The fourth-order valence-corrected chi connectivity index (χ4v) is 4.74. The summed E-state index contributed by atoms with van der Waals surface area (Å²) < 4.78 is 24.4. The number of rotatable bonds is 10. The lowest BCUT2D eigenvalue weighted by atomic mass is 10.0. The lowest BCUT2D eigenvalue weighted by molar-refractivity contribution is -0.0845. The Hall–Kier alpha value is -3.30. The molecular formula is C26H32N2O7. The molecule has 9 heteroatoms. The first kappa shape index (κ1) is 24.8. The second-order valence-corrected chi connectivity index (χ2v) is 8.81. The van der Waals surface area contributed by atoms with Crippen LogP contribution < -0.4 is 14.2 Å². The van der Waals surface area contributed by atoms with Crippen LogP contribution in [0.1, 0.15) is 53.3 Å². The van der Waals surface area contributed by atoms with Crippen LogP contribution in [0.15, 0.2) is 30.5 Å². The molecule has 0 radical (unpaired) electrons. The highest BCUT2D eigenvalue weighted by molar-refractivity contribution is 6.03. The number of nitrogens with zero attached hydrogens (tertiary/aromatic N) is 2. The number of hydrogen-bond donors (Lipinski definition) is 2. The van der Waals surface area contributed by atoms with Crippen LogP contribution >= 0.6 is 0 Å². The van der Waals surface area contributed by atoms with E-state index in [2.05, 4.69) is 5.10 Å². The topological polar surface area (TPSA) is 112 Å². The number of ether oxygens (including phenoxy) is 4. The lowest BCUT2D eigenvalue weighted by Gasteiger charge is -2.27. The maximum absolute atomic E-state index is 11.7. The van der Waals surface area contributed by atoms with Crippen LogP contribution in [0.5, 0.6) is 17.2 Å². The molecule has 1 aromatic heterocycles. The summed E-state index contributed by atoms with van der Waals surface area (Å²) >= 11 is 0. The van der Waals surface area contributed by atoms with E-state index < -0.39 is 18.2 Å². The number of aliphatic hydroxyl groups excluding tert-OH is 1. The average molecular weight is 485 g/mol. The number of aromatic carboxylic acids is 1. The van der Waals surface area contributed by atoms with Crippen LogP contribution in [0.2, 0.25) is 0 Å². The van der Waals surface area contributed by atoms with E-state index in [1.165, 1.54) is 13.2 Å². The fourth-order valence-electron chi connectivity index (χ4n) is 4.74. The number of hydrogen-bond acceptors (Lipinski definition) is 7. The Morgan fingerprint density at radius 2 is 1.71 bits per heavy atom. The SMILES string of the molecule is COc1cc([C@@H](O)[C@H](Cn2cc3c(OC)ccc(C(=O)O)c3n2)OC2CCCC2)cc(OC)c1C. The molecule has 2 aromatic carbocycles. The van der Waals surface area contributed by atoms with Gasteiger partial charge in [0.2, 0.25) is 0 Å². The zero-order chi connectivity index (χ0) is 25.1. The summed E-state index contributed by atoms with van der Waals surface area (Å²) in [4.78, 5) is 11.7. The van der Waals surface area contributed by atoms with Gasteiger partial charge in [-0.3, -0.25) is 4.68 Å². The molecule has 1 heterocycles. The van der Waals surface area contributed by atoms with Gasteiger partial charge in [-0.25, -0.2) is 4.79 Å². The molecule has 0 saturated heterocycles. The quantitative estimate of drug-likeness (QED) is 0.442. The van der Waals surface area contributed by atoms with Gasteiger partial charge in [-0.2, -0.15) is 5.10 Å². The lowest BCUT2D eigenvalue weighted by Crippen LogP contribution is -2.31. The first-order chi connectivity index (χ1) is 16.9. The van der Waals surface area contributed by atoms with Crippen molar-refractivity contribution in [3.8, 4) is 17.2 Å². The number of carbonyl (C=O) groups is 1. The molecule has 1 fully saturated rings. The molecule has 4 rings (SSSR count). The fraction of sp³-hybridized carbons (Fsp3) is 0.462. The Morgan fingerprint density at radius 3 is 2.29 bits per heavy atom. The number of fused-ring (bicyclic) bond motifs is 1. The maximum atomic E-state index is 11.7. The molecule has 9 nitrogen and oxygen atoms in total. The summed E-state index contributed by atoms with van der Waals surface area (Å²) in [6.45, 7) is 2.11. The Labute approximate surface area is 204 Å². The first-order valence-electron chi connectivity index (χ1n) is 11.7. The molecule has 0 aliphatic heterocycles. The van der Waals surface area contributed by atoms with E-state index >= 15 is 0 Å². The minimum atomic E-state index is -1.07. The predicted molar refractivity (Wildman–Crippen MR) is 130 cm³/mol. The minimum Gasteiger partial charge on any atom is -0.496 e. The van der Waals surface area contributed by atoms with Gasteiger partial charge in [-0.1, -0.05) is 12.8 Å². The van der Waals surface area contributed by atoms with Gasteiger partial charge in [0.05, 0.1) is 44.9 Å². The van der Waals surface area contributed by atoms with Crippen molar-refractivity contribution in [1.82, 2.24) is 9.78 Å². The normalized spacial score (nSPS) is 15.8. The number of aliphatic hydroxyl groups is 1. The Balaban J connectivity index is 1.71. The van der Waals surface area contributed by atoms with Crippen molar-refractivity contribution in [1.29, 1.82) is 0 Å². The van der Waals surface area contributed by atoms with Gasteiger partial charge >= 0.3 is 5.97 Å².